The summed E-state index contributed by atoms with van der Waals surface area (Å²) in [7, 11) is -1.16. The molecule has 0 saturated carbocycles. The maximum absolute atomic E-state index is 12.0. The maximum Gasteiger partial charge on any atom is 0.219 e. The average Bonchev–Trinajstić information content (AvgIpc) is 2.74. The van der Waals surface area contributed by atoms with E-state index in [9.17, 15) is 4.21 Å². The summed E-state index contributed by atoms with van der Waals surface area (Å²) in [6.45, 7) is 2.84. The lowest BCUT2D eigenvalue weighted by molar-refractivity contribution is 0.638. The highest BCUT2D eigenvalue weighted by atomic mass is 35.5. The van der Waals surface area contributed by atoms with Gasteiger partial charge in [0.05, 0.1) is 10.8 Å². The summed E-state index contributed by atoms with van der Waals surface area (Å²) >= 11 is 5.87. The molecule has 16 heavy (non-hydrogen) atoms. The third kappa shape index (κ3) is 2.78. The van der Waals surface area contributed by atoms with Gasteiger partial charge in [-0.3, -0.25) is 4.21 Å². The van der Waals surface area contributed by atoms with Crippen molar-refractivity contribution in [3.8, 4) is 0 Å². The summed E-state index contributed by atoms with van der Waals surface area (Å²) in [6, 6.07) is 0.324. The van der Waals surface area contributed by atoms with Crippen molar-refractivity contribution in [2.75, 3.05) is 12.3 Å². The number of nitrogens with one attached hydrogen (secondary N) is 1. The second-order valence-corrected chi connectivity index (χ2v) is 5.68. The van der Waals surface area contributed by atoms with E-state index in [2.05, 4.69) is 15.3 Å². The minimum Gasteiger partial charge on any atom is -0.313 e. The van der Waals surface area contributed by atoms with Gasteiger partial charge in [0.25, 0.3) is 0 Å². The largest absolute Gasteiger partial charge is 0.313 e. The Morgan fingerprint density at radius 2 is 2.50 bits per heavy atom. The maximum atomic E-state index is 12.0. The predicted octanol–water partition coefficient (Wildman–Crippen LogP) is 1.30. The second kappa shape index (κ2) is 5.21. The van der Waals surface area contributed by atoms with Gasteiger partial charge in [0, 0.05) is 23.6 Å². The Labute approximate surface area is 102 Å². The van der Waals surface area contributed by atoms with E-state index < -0.39 is 10.8 Å². The first kappa shape index (κ1) is 12.0. The van der Waals surface area contributed by atoms with E-state index in [1.807, 2.05) is 6.92 Å². The molecule has 0 aliphatic carbocycles. The molecule has 1 aliphatic rings. The third-order valence-electron chi connectivity index (χ3n) is 2.61. The van der Waals surface area contributed by atoms with E-state index in [1.54, 1.807) is 6.20 Å². The monoisotopic (exact) mass is 259 g/mol. The lowest BCUT2D eigenvalue weighted by Gasteiger charge is -2.08. The van der Waals surface area contributed by atoms with Crippen molar-refractivity contribution in [3.05, 3.63) is 16.9 Å². The Bertz CT molecular complexity index is 407. The molecule has 4 nitrogen and oxygen atoms in total. The van der Waals surface area contributed by atoms with Crippen molar-refractivity contribution in [3.63, 3.8) is 0 Å². The highest BCUT2D eigenvalue weighted by Gasteiger charge is 2.19. The number of halogens is 1. The van der Waals surface area contributed by atoms with Crippen LogP contribution in [-0.4, -0.2) is 32.5 Å². The van der Waals surface area contributed by atoms with Gasteiger partial charge in [0.15, 0.2) is 0 Å². The van der Waals surface area contributed by atoms with E-state index in [4.69, 9.17) is 11.6 Å². The Morgan fingerprint density at radius 3 is 3.12 bits per heavy atom. The minimum atomic E-state index is -1.16. The molecule has 0 unspecified atom stereocenters. The molecular formula is C10H14ClN3OS. The van der Waals surface area contributed by atoms with Crippen LogP contribution in [0.15, 0.2) is 11.4 Å². The van der Waals surface area contributed by atoms with Crippen LogP contribution < -0.4 is 5.32 Å². The van der Waals surface area contributed by atoms with Crippen LogP contribution in [0.2, 0.25) is 5.15 Å². The fourth-order valence-electron chi connectivity index (χ4n) is 1.67. The van der Waals surface area contributed by atoms with Crippen LogP contribution >= 0.6 is 11.6 Å². The van der Waals surface area contributed by atoms with E-state index in [1.165, 1.54) is 0 Å². The van der Waals surface area contributed by atoms with Gasteiger partial charge >= 0.3 is 0 Å². The lowest BCUT2D eigenvalue weighted by atomic mass is 10.3. The molecular weight excluding hydrogens is 246 g/mol. The SMILES string of the molecule is Cc1cnc([S@](=O)C[C@H]2CCCN2)nc1Cl. The van der Waals surface area contributed by atoms with Crippen molar-refractivity contribution in [2.45, 2.75) is 31.0 Å². The normalized spacial score (nSPS) is 22.2. The zero-order chi connectivity index (χ0) is 11.5. The number of hydrogen-bond donors (Lipinski definition) is 1. The summed E-state index contributed by atoms with van der Waals surface area (Å²) in [5.41, 5.74) is 0.807. The number of aromatic nitrogens is 2. The fraction of sp³-hybridized carbons (Fsp3) is 0.600. The number of aryl methyl sites for hydroxylation is 1. The van der Waals surface area contributed by atoms with Gasteiger partial charge in [0.2, 0.25) is 5.16 Å². The van der Waals surface area contributed by atoms with E-state index in [0.717, 1.165) is 24.9 Å². The van der Waals surface area contributed by atoms with E-state index in [0.29, 0.717) is 22.1 Å². The fourth-order valence-corrected chi connectivity index (χ4v) is 3.01. The van der Waals surface area contributed by atoms with Gasteiger partial charge in [-0.05, 0) is 26.3 Å². The molecule has 1 aliphatic heterocycles. The molecule has 0 amide bonds. The van der Waals surface area contributed by atoms with Crippen LogP contribution in [0, 0.1) is 6.92 Å². The molecule has 0 spiro atoms. The molecule has 1 aromatic rings. The zero-order valence-corrected chi connectivity index (χ0v) is 10.6. The van der Waals surface area contributed by atoms with Crippen LogP contribution in [0.4, 0.5) is 0 Å². The first-order valence-electron chi connectivity index (χ1n) is 5.27. The first-order valence-corrected chi connectivity index (χ1v) is 6.97. The Balaban J connectivity index is 2.05. The molecule has 0 aromatic carbocycles. The van der Waals surface area contributed by atoms with Crippen molar-refractivity contribution in [2.24, 2.45) is 0 Å². The molecule has 0 bridgehead atoms. The average molecular weight is 260 g/mol. The topological polar surface area (TPSA) is 54.9 Å². The van der Waals surface area contributed by atoms with Gasteiger partial charge in [0.1, 0.15) is 5.15 Å². The highest BCUT2D eigenvalue weighted by Crippen LogP contribution is 2.14. The standard InChI is InChI=1S/C10H14ClN3OS/c1-7-5-13-10(14-9(7)11)16(15)6-8-3-2-4-12-8/h5,8,12H,2-4,6H2,1H3/t8-,16-/m1/s1. The number of rotatable bonds is 3. The van der Waals surface area contributed by atoms with E-state index in [-0.39, 0.29) is 0 Å². The molecule has 2 heterocycles. The van der Waals surface area contributed by atoms with Gasteiger partial charge in [-0.25, -0.2) is 9.97 Å². The van der Waals surface area contributed by atoms with Gasteiger partial charge in [-0.2, -0.15) is 0 Å². The van der Waals surface area contributed by atoms with E-state index >= 15 is 0 Å². The minimum absolute atomic E-state index is 0.324. The molecule has 88 valence electrons. The number of hydrogen-bond acceptors (Lipinski definition) is 4. The molecule has 1 aromatic heterocycles. The number of nitrogens with zero attached hydrogens (tertiary/aromatic N) is 2. The molecule has 6 heteroatoms. The molecule has 1 N–H and O–H groups in total. The molecule has 1 saturated heterocycles. The van der Waals surface area contributed by atoms with Crippen LogP contribution in [0.3, 0.4) is 0 Å². The molecule has 0 radical (unpaired) electrons. The summed E-state index contributed by atoms with van der Waals surface area (Å²) in [6.07, 6.45) is 3.84. The Morgan fingerprint density at radius 1 is 1.69 bits per heavy atom. The third-order valence-corrected chi connectivity index (χ3v) is 4.30. The van der Waals surface area contributed by atoms with Crippen molar-refractivity contribution >= 4 is 22.4 Å². The van der Waals surface area contributed by atoms with Crippen LogP contribution in [0.1, 0.15) is 18.4 Å². The quantitative estimate of drug-likeness (QED) is 0.657. The summed E-state index contributed by atoms with van der Waals surface area (Å²) in [5, 5.41) is 4.03. The Hall–Kier alpha value is -0.520. The summed E-state index contributed by atoms with van der Waals surface area (Å²) < 4.78 is 12.0. The van der Waals surface area contributed by atoms with Gasteiger partial charge in [-0.15, -0.1) is 0 Å². The van der Waals surface area contributed by atoms with Gasteiger partial charge in [-0.1, -0.05) is 11.6 Å². The smallest absolute Gasteiger partial charge is 0.219 e. The second-order valence-electron chi connectivity index (χ2n) is 3.93. The summed E-state index contributed by atoms with van der Waals surface area (Å²) in [4.78, 5) is 8.10. The highest BCUT2D eigenvalue weighted by molar-refractivity contribution is 7.84. The molecule has 2 rings (SSSR count). The van der Waals surface area contributed by atoms with Crippen LogP contribution in [0.5, 0.6) is 0 Å². The zero-order valence-electron chi connectivity index (χ0n) is 9.07. The van der Waals surface area contributed by atoms with Crippen molar-refractivity contribution < 1.29 is 4.21 Å². The lowest BCUT2D eigenvalue weighted by Crippen LogP contribution is -2.28. The predicted molar refractivity (Wildman–Crippen MR) is 64.1 cm³/mol. The Kier molecular flexibility index (Phi) is 3.89. The van der Waals surface area contributed by atoms with Crippen LogP contribution in [0.25, 0.3) is 0 Å². The van der Waals surface area contributed by atoms with Crippen LogP contribution in [-0.2, 0) is 10.8 Å². The summed E-state index contributed by atoms with van der Waals surface area (Å²) in [5.74, 6) is 0.569. The first-order chi connectivity index (χ1) is 7.66. The molecule has 1 fully saturated rings. The molecule has 2 atom stereocenters. The van der Waals surface area contributed by atoms with Crippen molar-refractivity contribution in [1.29, 1.82) is 0 Å². The van der Waals surface area contributed by atoms with Gasteiger partial charge < -0.3 is 5.32 Å². The van der Waals surface area contributed by atoms with Crippen molar-refractivity contribution in [1.82, 2.24) is 15.3 Å².